The summed E-state index contributed by atoms with van der Waals surface area (Å²) in [6, 6.07) is 1.64. The molecule has 3 nitrogen and oxygen atoms in total. The number of ether oxygens (including phenoxy) is 1. The van der Waals surface area contributed by atoms with Gasteiger partial charge in [-0.15, -0.1) is 0 Å². The Hall–Kier alpha value is -1.39. The van der Waals surface area contributed by atoms with Crippen molar-refractivity contribution in [1.29, 1.82) is 0 Å². The monoisotopic (exact) mass is 240 g/mol. The van der Waals surface area contributed by atoms with Crippen molar-refractivity contribution in [2.24, 2.45) is 0 Å². The first-order valence-corrected chi connectivity index (χ1v) is 5.86. The quantitative estimate of drug-likeness (QED) is 0.752. The molecule has 1 aromatic rings. The average Bonchev–Trinajstić information content (AvgIpc) is 2.62. The molecule has 1 saturated heterocycles. The molecule has 1 aromatic heterocycles. The number of halogens is 2. The van der Waals surface area contributed by atoms with E-state index < -0.39 is 5.92 Å². The number of pyridine rings is 1. The maximum absolute atomic E-state index is 13.4. The molecule has 0 spiro atoms. The van der Waals surface area contributed by atoms with Crippen molar-refractivity contribution in [2.45, 2.75) is 31.7 Å². The molecule has 1 unspecified atom stereocenters. The van der Waals surface area contributed by atoms with Gasteiger partial charge in [0.25, 0.3) is 5.92 Å². The van der Waals surface area contributed by atoms with Crippen LogP contribution in [0.3, 0.4) is 0 Å². The SMILES string of the molecule is CCc1ccnc2c1OCC1CC(F)(F)CN21. The number of aromatic nitrogens is 1. The van der Waals surface area contributed by atoms with Gasteiger partial charge in [-0.25, -0.2) is 13.8 Å². The van der Waals surface area contributed by atoms with E-state index in [1.165, 1.54) is 0 Å². The highest BCUT2D eigenvalue weighted by atomic mass is 19.3. The minimum Gasteiger partial charge on any atom is -0.487 e. The molecule has 3 rings (SSSR count). The van der Waals surface area contributed by atoms with Crippen molar-refractivity contribution >= 4 is 5.82 Å². The van der Waals surface area contributed by atoms with Gasteiger partial charge in [0.15, 0.2) is 11.6 Å². The largest absolute Gasteiger partial charge is 0.487 e. The normalized spacial score (nSPS) is 25.1. The molecular formula is C12H14F2N2O. The molecule has 17 heavy (non-hydrogen) atoms. The first-order valence-electron chi connectivity index (χ1n) is 5.86. The van der Waals surface area contributed by atoms with Crippen molar-refractivity contribution in [3.63, 3.8) is 0 Å². The number of hydrogen-bond acceptors (Lipinski definition) is 3. The van der Waals surface area contributed by atoms with Crippen LogP contribution in [0.4, 0.5) is 14.6 Å². The van der Waals surface area contributed by atoms with Gasteiger partial charge in [-0.05, 0) is 18.1 Å². The summed E-state index contributed by atoms with van der Waals surface area (Å²) in [5.74, 6) is -1.36. The number of hydrogen-bond donors (Lipinski definition) is 0. The number of fused-ring (bicyclic) bond motifs is 3. The third-order valence-corrected chi connectivity index (χ3v) is 3.42. The fraction of sp³-hybridized carbons (Fsp3) is 0.583. The summed E-state index contributed by atoms with van der Waals surface area (Å²) in [4.78, 5) is 5.90. The fourth-order valence-electron chi connectivity index (χ4n) is 2.59. The zero-order chi connectivity index (χ0) is 12.0. The minimum absolute atomic E-state index is 0.134. The van der Waals surface area contributed by atoms with E-state index in [0.29, 0.717) is 18.2 Å². The van der Waals surface area contributed by atoms with E-state index in [-0.39, 0.29) is 19.0 Å². The number of aryl methyl sites for hydroxylation is 1. The van der Waals surface area contributed by atoms with E-state index >= 15 is 0 Å². The lowest BCUT2D eigenvalue weighted by molar-refractivity contribution is 0.0210. The van der Waals surface area contributed by atoms with Crippen LogP contribution in [-0.2, 0) is 6.42 Å². The molecule has 2 aliphatic rings. The van der Waals surface area contributed by atoms with E-state index in [9.17, 15) is 8.78 Å². The van der Waals surface area contributed by atoms with Gasteiger partial charge in [-0.1, -0.05) is 6.92 Å². The van der Waals surface area contributed by atoms with Gasteiger partial charge < -0.3 is 9.64 Å². The second kappa shape index (κ2) is 3.55. The number of nitrogens with zero attached hydrogens (tertiary/aromatic N) is 2. The fourth-order valence-corrected chi connectivity index (χ4v) is 2.59. The van der Waals surface area contributed by atoms with E-state index in [0.717, 1.165) is 12.0 Å². The molecule has 92 valence electrons. The number of anilines is 1. The standard InChI is InChI=1S/C12H14F2N2O/c1-2-8-3-4-15-11-10(8)17-6-9-5-12(13,14)7-16(9)11/h3-4,9H,2,5-7H2,1H3. The van der Waals surface area contributed by atoms with Crippen molar-refractivity contribution < 1.29 is 13.5 Å². The maximum atomic E-state index is 13.4. The smallest absolute Gasteiger partial charge is 0.267 e. The Morgan fingerprint density at radius 2 is 2.41 bits per heavy atom. The summed E-state index contributed by atoms with van der Waals surface area (Å²) in [6.07, 6.45) is 2.35. The zero-order valence-corrected chi connectivity index (χ0v) is 9.62. The summed E-state index contributed by atoms with van der Waals surface area (Å²) >= 11 is 0. The lowest BCUT2D eigenvalue weighted by Gasteiger charge is -2.32. The van der Waals surface area contributed by atoms with Crippen molar-refractivity contribution in [2.75, 3.05) is 18.1 Å². The van der Waals surface area contributed by atoms with Crippen molar-refractivity contribution in [3.8, 4) is 5.75 Å². The highest BCUT2D eigenvalue weighted by Gasteiger charge is 2.48. The Morgan fingerprint density at radius 3 is 3.18 bits per heavy atom. The Balaban J connectivity index is 2.02. The predicted molar refractivity (Wildman–Crippen MR) is 59.8 cm³/mol. The summed E-state index contributed by atoms with van der Waals surface area (Å²) in [7, 11) is 0. The Labute approximate surface area is 98.4 Å². The predicted octanol–water partition coefficient (Wildman–Crippen LogP) is 2.25. The van der Waals surface area contributed by atoms with Crippen LogP contribution in [-0.4, -0.2) is 30.1 Å². The maximum Gasteiger partial charge on any atom is 0.267 e. The first-order chi connectivity index (χ1) is 8.11. The molecule has 0 N–H and O–H groups in total. The first kappa shape index (κ1) is 10.7. The average molecular weight is 240 g/mol. The Bertz CT molecular complexity index is 450. The molecule has 0 bridgehead atoms. The van der Waals surface area contributed by atoms with Gasteiger partial charge in [0.05, 0.1) is 12.6 Å². The van der Waals surface area contributed by atoms with Crippen LogP contribution >= 0.6 is 0 Å². The van der Waals surface area contributed by atoms with Crippen LogP contribution < -0.4 is 9.64 Å². The molecular weight excluding hydrogens is 226 g/mol. The second-order valence-corrected chi connectivity index (χ2v) is 4.63. The van der Waals surface area contributed by atoms with Crippen LogP contribution in [0.25, 0.3) is 0 Å². The van der Waals surface area contributed by atoms with Gasteiger partial charge in [-0.3, -0.25) is 0 Å². The third-order valence-electron chi connectivity index (χ3n) is 3.42. The van der Waals surface area contributed by atoms with Gasteiger partial charge in [0.1, 0.15) is 6.61 Å². The molecule has 3 heterocycles. The summed E-state index contributed by atoms with van der Waals surface area (Å²) in [5.41, 5.74) is 1.03. The Morgan fingerprint density at radius 1 is 1.59 bits per heavy atom. The molecule has 0 amide bonds. The van der Waals surface area contributed by atoms with Crippen LogP contribution in [0.2, 0.25) is 0 Å². The highest BCUT2D eigenvalue weighted by molar-refractivity contribution is 5.59. The number of alkyl halides is 2. The number of rotatable bonds is 1. The van der Waals surface area contributed by atoms with Crippen LogP contribution in [0.5, 0.6) is 5.75 Å². The van der Waals surface area contributed by atoms with Crippen LogP contribution in [0.15, 0.2) is 12.3 Å². The lowest BCUT2D eigenvalue weighted by Crippen LogP contribution is -2.39. The van der Waals surface area contributed by atoms with Crippen molar-refractivity contribution in [3.05, 3.63) is 17.8 Å². The summed E-state index contributed by atoms with van der Waals surface area (Å²) in [5, 5.41) is 0. The molecule has 5 heteroatoms. The molecule has 0 saturated carbocycles. The summed E-state index contributed by atoms with van der Waals surface area (Å²) < 4.78 is 32.4. The van der Waals surface area contributed by atoms with Gasteiger partial charge >= 0.3 is 0 Å². The summed E-state index contributed by atoms with van der Waals surface area (Å²) in [6.45, 7) is 2.11. The molecule has 0 aliphatic carbocycles. The van der Waals surface area contributed by atoms with E-state index in [2.05, 4.69) is 4.98 Å². The minimum atomic E-state index is -2.63. The molecule has 1 fully saturated rings. The lowest BCUT2D eigenvalue weighted by atomic mass is 10.1. The molecule has 0 aromatic carbocycles. The highest BCUT2D eigenvalue weighted by Crippen LogP contribution is 2.42. The second-order valence-electron chi connectivity index (χ2n) is 4.63. The molecule has 0 radical (unpaired) electrons. The Kier molecular flexibility index (Phi) is 2.24. The zero-order valence-electron chi connectivity index (χ0n) is 9.62. The van der Waals surface area contributed by atoms with E-state index in [4.69, 9.17) is 4.74 Å². The third kappa shape index (κ3) is 1.64. The van der Waals surface area contributed by atoms with E-state index in [1.807, 2.05) is 13.0 Å². The topological polar surface area (TPSA) is 25.4 Å². The van der Waals surface area contributed by atoms with Gasteiger partial charge in [-0.2, -0.15) is 0 Å². The van der Waals surface area contributed by atoms with E-state index in [1.54, 1.807) is 11.1 Å². The van der Waals surface area contributed by atoms with Gasteiger partial charge in [0.2, 0.25) is 0 Å². The van der Waals surface area contributed by atoms with Crippen LogP contribution in [0.1, 0.15) is 18.9 Å². The van der Waals surface area contributed by atoms with Gasteiger partial charge in [0, 0.05) is 12.6 Å². The molecule has 1 atom stereocenters. The molecule has 2 aliphatic heterocycles. The van der Waals surface area contributed by atoms with Crippen molar-refractivity contribution in [1.82, 2.24) is 4.98 Å². The van der Waals surface area contributed by atoms with Crippen LogP contribution in [0, 0.1) is 0 Å².